The number of halogens is 1. The van der Waals surface area contributed by atoms with Crippen molar-refractivity contribution in [3.63, 3.8) is 0 Å². The van der Waals surface area contributed by atoms with Crippen LogP contribution >= 0.6 is 11.6 Å². The van der Waals surface area contributed by atoms with Gasteiger partial charge in [-0.1, -0.05) is 48.0 Å². The van der Waals surface area contributed by atoms with E-state index in [0.717, 1.165) is 16.7 Å². The number of carbonyl (C=O) groups is 4. The summed E-state index contributed by atoms with van der Waals surface area (Å²) in [6.07, 6.45) is 5.40. The van der Waals surface area contributed by atoms with E-state index in [0.29, 0.717) is 73.1 Å². The number of carboxylic acids is 1. The number of carbonyl (C=O) groups excluding carboxylic acids is 3. The van der Waals surface area contributed by atoms with Crippen molar-refractivity contribution in [3.05, 3.63) is 125 Å². The van der Waals surface area contributed by atoms with Crippen LogP contribution in [-0.4, -0.2) is 101 Å². The number of hydrogen-bond donors (Lipinski definition) is 9. The van der Waals surface area contributed by atoms with Gasteiger partial charge in [-0.15, -0.1) is 5.10 Å². The van der Waals surface area contributed by atoms with Gasteiger partial charge >= 0.3 is 5.97 Å². The van der Waals surface area contributed by atoms with Gasteiger partial charge < -0.3 is 46.9 Å². The summed E-state index contributed by atoms with van der Waals surface area (Å²) in [4.78, 5) is 71.4. The number of benzene rings is 2. The van der Waals surface area contributed by atoms with Crippen LogP contribution in [0.15, 0.2) is 95.9 Å². The maximum atomic E-state index is 13.3. The molecule has 0 aliphatic rings. The zero-order valence-corrected chi connectivity index (χ0v) is 36.2. The number of aliphatic hydroxyl groups excluding tert-OH is 1. The highest BCUT2D eigenvalue weighted by Gasteiger charge is 2.19. The predicted molar refractivity (Wildman–Crippen MR) is 244 cm³/mol. The van der Waals surface area contributed by atoms with Gasteiger partial charge in [0.1, 0.15) is 17.4 Å². The Morgan fingerprint density at radius 3 is 2.18 bits per heavy atom. The number of furan rings is 1. The summed E-state index contributed by atoms with van der Waals surface area (Å²) in [7, 11) is 0. The molecule has 0 fully saturated rings. The third kappa shape index (κ3) is 11.6. The van der Waals surface area contributed by atoms with Crippen molar-refractivity contribution < 1.29 is 33.8 Å². The second-order valence-electron chi connectivity index (χ2n) is 14.7. The fraction of sp³-hybridized carbons (Fsp3) is 0.227. The Morgan fingerprint density at radius 2 is 1.52 bits per heavy atom. The van der Waals surface area contributed by atoms with Gasteiger partial charge in [0.25, 0.3) is 17.6 Å². The van der Waals surface area contributed by atoms with Crippen LogP contribution in [0.3, 0.4) is 0 Å². The first-order chi connectivity index (χ1) is 32.0. The molecule has 0 bridgehead atoms. The van der Waals surface area contributed by atoms with Crippen molar-refractivity contribution in [1.29, 1.82) is 0 Å². The number of nitrogens with zero attached hydrogens (tertiary/aromatic N) is 7. The van der Waals surface area contributed by atoms with Gasteiger partial charge in [0.15, 0.2) is 5.76 Å². The number of rotatable bonds is 21. The molecule has 0 spiro atoms. The Hall–Kier alpha value is -7.85. The lowest BCUT2D eigenvalue weighted by Gasteiger charge is -2.16. The molecule has 5 aromatic heterocycles. The first-order valence-electron chi connectivity index (χ1n) is 20.6. The summed E-state index contributed by atoms with van der Waals surface area (Å²) in [5, 5.41) is 40.5. The smallest absolute Gasteiger partial charge is 0.323 e. The van der Waals surface area contributed by atoms with Gasteiger partial charge in [-0.25, -0.2) is 0 Å². The maximum absolute atomic E-state index is 13.3. The third-order valence-electron chi connectivity index (χ3n) is 10.1. The number of aliphatic carboxylic acids is 1. The summed E-state index contributed by atoms with van der Waals surface area (Å²) >= 11 is 6.84. The Kier molecular flexibility index (Phi) is 15.2. The topological polar surface area (TPSA) is 302 Å². The number of nitrogens with one attached hydrogen (secondary N) is 6. The highest BCUT2D eigenvalue weighted by atomic mass is 35.5. The van der Waals surface area contributed by atoms with E-state index in [1.165, 1.54) is 23.0 Å². The molecular weight excluding hydrogens is 872 g/mol. The molecule has 1 atom stereocenters. The maximum Gasteiger partial charge on any atom is 0.323 e. The minimum Gasteiger partial charge on any atom is -0.480 e. The van der Waals surface area contributed by atoms with E-state index in [4.69, 9.17) is 26.9 Å². The van der Waals surface area contributed by atoms with Crippen molar-refractivity contribution in [3.8, 4) is 22.7 Å². The van der Waals surface area contributed by atoms with Crippen LogP contribution in [-0.2, 0) is 22.7 Å². The Bertz CT molecular complexity index is 2820. The zero-order chi connectivity index (χ0) is 46.6. The number of pyridine rings is 2. The average molecular weight is 917 g/mol. The summed E-state index contributed by atoms with van der Waals surface area (Å²) in [6, 6.07) is 19.5. The summed E-state index contributed by atoms with van der Waals surface area (Å²) in [6.45, 7) is 3.25. The van der Waals surface area contributed by atoms with E-state index < -0.39 is 30.4 Å². The van der Waals surface area contributed by atoms with Crippen LogP contribution in [0.5, 0.6) is 0 Å². The first-order valence-corrected chi connectivity index (χ1v) is 21.0. The minimum atomic E-state index is -1.18. The number of anilines is 4. The van der Waals surface area contributed by atoms with Crippen molar-refractivity contribution in [2.45, 2.75) is 38.9 Å². The SMILES string of the molecule is Cc1c(NC(=O)c2ccc(CNCCNC(=O)CCCNc3nc(N)n4nc(-c5ccco5)nc4n3)cn2)cccc1-c1cccc(NC(=O)c2ccc(CN[C@@H](CO)C(=O)O)cn2)c1Cl. The zero-order valence-electron chi connectivity index (χ0n) is 35.4. The molecule has 340 valence electrons. The number of nitrogen functional groups attached to an aromatic ring is 1. The lowest BCUT2D eigenvalue weighted by atomic mass is 9.98. The molecule has 22 heteroatoms. The molecule has 0 aliphatic carbocycles. The molecule has 0 radical (unpaired) electrons. The molecule has 0 unspecified atom stereocenters. The van der Waals surface area contributed by atoms with E-state index in [1.54, 1.807) is 66.9 Å². The number of aromatic nitrogens is 7. The highest BCUT2D eigenvalue weighted by molar-refractivity contribution is 6.36. The van der Waals surface area contributed by atoms with E-state index in [-0.39, 0.29) is 46.5 Å². The second kappa shape index (κ2) is 21.7. The fourth-order valence-electron chi connectivity index (χ4n) is 6.53. The molecule has 10 N–H and O–H groups in total. The molecule has 21 nitrogen and oxygen atoms in total. The van der Waals surface area contributed by atoms with Crippen molar-refractivity contribution >= 4 is 64.3 Å². The van der Waals surface area contributed by atoms with Gasteiger partial charge in [-0.2, -0.15) is 19.5 Å². The molecule has 66 heavy (non-hydrogen) atoms. The van der Waals surface area contributed by atoms with Gasteiger partial charge in [-0.05, 0) is 72.0 Å². The first kappa shape index (κ1) is 46.2. The molecule has 0 saturated heterocycles. The minimum absolute atomic E-state index is 0.100. The number of carboxylic acid groups (broad SMARTS) is 1. The molecular formula is C44H45ClN14O7. The number of fused-ring (bicyclic) bond motifs is 1. The number of aliphatic hydroxyl groups is 1. The van der Waals surface area contributed by atoms with E-state index in [1.807, 2.05) is 13.0 Å². The molecule has 3 amide bonds. The average Bonchev–Trinajstić information content (AvgIpc) is 4.01. The van der Waals surface area contributed by atoms with Crippen LogP contribution in [0.1, 0.15) is 50.5 Å². The van der Waals surface area contributed by atoms with Crippen molar-refractivity contribution in [2.75, 3.05) is 47.9 Å². The lowest BCUT2D eigenvalue weighted by Crippen LogP contribution is -2.39. The van der Waals surface area contributed by atoms with Crippen LogP contribution in [0.2, 0.25) is 5.02 Å². The predicted octanol–water partition coefficient (Wildman–Crippen LogP) is 3.92. The van der Waals surface area contributed by atoms with E-state index >= 15 is 0 Å². The van der Waals surface area contributed by atoms with Gasteiger partial charge in [0.2, 0.25) is 23.6 Å². The number of nitrogens with two attached hydrogens (primary N) is 1. The van der Waals surface area contributed by atoms with Gasteiger partial charge in [0, 0.05) is 62.8 Å². The Labute approximate surface area is 381 Å². The van der Waals surface area contributed by atoms with Crippen LogP contribution in [0.25, 0.3) is 28.5 Å². The number of hydrogen-bond acceptors (Lipinski definition) is 16. The normalized spacial score (nSPS) is 11.6. The van der Waals surface area contributed by atoms with Crippen LogP contribution in [0.4, 0.5) is 23.3 Å². The highest BCUT2D eigenvalue weighted by Crippen LogP contribution is 2.37. The van der Waals surface area contributed by atoms with Crippen molar-refractivity contribution in [1.82, 2.24) is 50.5 Å². The largest absolute Gasteiger partial charge is 0.480 e. The molecule has 5 heterocycles. The molecule has 0 saturated carbocycles. The van der Waals surface area contributed by atoms with Gasteiger partial charge in [-0.3, -0.25) is 34.5 Å². The lowest BCUT2D eigenvalue weighted by molar-refractivity contribution is -0.140. The number of amides is 3. The standard InChI is InChI=1S/C44H45ClN14O7/c1-25-28(29-7-3-9-31(37(29)45)54-40(63)33-15-13-27(22-51-33)23-52-34(24-60)41(64)65)6-2-8-30(25)53-39(62)32-14-12-26(21-50-32)20-47-17-18-48-36(61)11-4-16-49-43-56-42(46)59-44(57-43)55-38(58-59)35-10-5-19-66-35/h2-3,5-10,12-15,19,21-22,34,47,52,60H,4,11,16-18,20,23-24H2,1H3,(H,48,61)(H,53,62)(H,54,63)(H,64,65)(H3,46,49,55,56,57,58)/t34-/m0/s1. The van der Waals surface area contributed by atoms with Crippen LogP contribution in [0, 0.1) is 6.92 Å². The quantitative estimate of drug-likeness (QED) is 0.0462. The van der Waals surface area contributed by atoms with Crippen molar-refractivity contribution in [2.24, 2.45) is 0 Å². The summed E-state index contributed by atoms with van der Waals surface area (Å²) in [5.41, 5.74) is 10.8. The Balaban J connectivity index is 0.830. The van der Waals surface area contributed by atoms with Crippen LogP contribution < -0.4 is 37.6 Å². The molecule has 7 aromatic rings. The summed E-state index contributed by atoms with van der Waals surface area (Å²) < 4.78 is 6.65. The Morgan fingerprint density at radius 1 is 0.818 bits per heavy atom. The molecule has 7 rings (SSSR count). The van der Waals surface area contributed by atoms with E-state index in [9.17, 15) is 24.3 Å². The molecule has 0 aliphatic heterocycles. The monoisotopic (exact) mass is 916 g/mol. The fourth-order valence-corrected chi connectivity index (χ4v) is 6.80. The van der Waals surface area contributed by atoms with E-state index in [2.05, 4.69) is 61.9 Å². The third-order valence-corrected chi connectivity index (χ3v) is 10.5. The molecule has 2 aromatic carbocycles. The summed E-state index contributed by atoms with van der Waals surface area (Å²) in [5.74, 6) is -0.739. The van der Waals surface area contributed by atoms with Gasteiger partial charge in [0.05, 0.1) is 23.6 Å². The second-order valence-corrected chi connectivity index (χ2v) is 15.1.